The zero-order chi connectivity index (χ0) is 23.0. The highest BCUT2D eigenvalue weighted by Crippen LogP contribution is 2.25. The summed E-state index contributed by atoms with van der Waals surface area (Å²) in [5, 5.41) is 10.6. The van der Waals surface area contributed by atoms with E-state index < -0.39 is 0 Å². The average molecular weight is 484 g/mol. The van der Waals surface area contributed by atoms with Crippen molar-refractivity contribution in [3.63, 3.8) is 0 Å². The summed E-state index contributed by atoms with van der Waals surface area (Å²) < 4.78 is 5.32. The van der Waals surface area contributed by atoms with Crippen LogP contribution in [0.5, 0.6) is 0 Å². The van der Waals surface area contributed by atoms with Gasteiger partial charge < -0.3 is 15.4 Å². The molecule has 0 saturated carbocycles. The van der Waals surface area contributed by atoms with Gasteiger partial charge in [0.25, 0.3) is 0 Å². The Balaban J connectivity index is 1.34. The number of nitrogens with one attached hydrogen (secondary N) is 2. The number of hydrogen-bond acceptors (Lipinski definition) is 6. The second-order valence-electron chi connectivity index (χ2n) is 7.73. The lowest BCUT2D eigenvalue weighted by molar-refractivity contribution is 0.152. The van der Waals surface area contributed by atoms with Gasteiger partial charge in [0.05, 0.1) is 17.6 Å². The first kappa shape index (κ1) is 23.5. The minimum atomic E-state index is 0.688. The second kappa shape index (κ2) is 11.5. The quantitative estimate of drug-likeness (QED) is 0.291. The number of rotatable bonds is 11. The molecule has 6 nitrogen and oxygen atoms in total. The molecular formula is C25H27Cl2N5O. The number of nitrogens with zero attached hydrogens (tertiary/aromatic N) is 3. The molecule has 2 N–H and O–H groups in total. The fourth-order valence-corrected chi connectivity index (χ4v) is 4.14. The van der Waals surface area contributed by atoms with Crippen LogP contribution in [0.25, 0.3) is 21.8 Å². The van der Waals surface area contributed by atoms with Gasteiger partial charge in [0.15, 0.2) is 0 Å². The monoisotopic (exact) mass is 483 g/mol. The van der Waals surface area contributed by atoms with Gasteiger partial charge >= 0.3 is 0 Å². The molecule has 0 atom stereocenters. The SMILES string of the molecule is COCCN(CCNc1ccnc2cc(Cl)ccc12)CCNc1ccnc2cc(Cl)ccc12. The summed E-state index contributed by atoms with van der Waals surface area (Å²) in [6.07, 6.45) is 3.61. The minimum Gasteiger partial charge on any atom is -0.383 e. The number of benzene rings is 2. The van der Waals surface area contributed by atoms with Crippen LogP contribution in [0.15, 0.2) is 60.9 Å². The first-order chi connectivity index (χ1) is 16.1. The molecule has 0 bridgehead atoms. The van der Waals surface area contributed by atoms with E-state index in [1.807, 2.05) is 48.5 Å². The Morgan fingerprint density at radius 2 is 1.27 bits per heavy atom. The molecule has 0 aliphatic carbocycles. The highest BCUT2D eigenvalue weighted by Gasteiger charge is 2.08. The molecule has 0 saturated heterocycles. The van der Waals surface area contributed by atoms with Gasteiger partial charge in [0.1, 0.15) is 0 Å². The molecule has 0 radical (unpaired) electrons. The molecule has 2 aromatic carbocycles. The summed E-state index contributed by atoms with van der Waals surface area (Å²) in [7, 11) is 1.73. The molecule has 0 aliphatic heterocycles. The Bertz CT molecular complexity index is 1130. The maximum Gasteiger partial charge on any atom is 0.0737 e. The molecule has 0 amide bonds. The van der Waals surface area contributed by atoms with Crippen molar-refractivity contribution in [1.29, 1.82) is 0 Å². The maximum atomic E-state index is 6.10. The van der Waals surface area contributed by atoms with Crippen LogP contribution >= 0.6 is 23.2 Å². The maximum absolute atomic E-state index is 6.10. The standard InChI is InChI=1S/C25H27Cl2N5O/c1-33-15-14-32(12-10-30-22-6-8-28-24-16-18(26)2-4-20(22)24)13-11-31-23-7-9-29-25-17-19(27)3-5-21(23)25/h2-9,16-17H,10-15H2,1H3,(H,28,30)(H,29,31). The molecule has 0 aliphatic rings. The Morgan fingerprint density at radius 3 is 1.76 bits per heavy atom. The molecule has 0 unspecified atom stereocenters. The lowest BCUT2D eigenvalue weighted by Crippen LogP contribution is -2.35. The van der Waals surface area contributed by atoms with Crippen LogP contribution in [-0.4, -0.2) is 61.3 Å². The van der Waals surface area contributed by atoms with Crippen LogP contribution in [0, 0.1) is 0 Å². The lowest BCUT2D eigenvalue weighted by Gasteiger charge is -2.23. The highest BCUT2D eigenvalue weighted by molar-refractivity contribution is 6.31. The number of fused-ring (bicyclic) bond motifs is 2. The van der Waals surface area contributed by atoms with E-state index in [0.29, 0.717) is 16.7 Å². The molecule has 0 spiro atoms. The predicted molar refractivity (Wildman–Crippen MR) is 139 cm³/mol. The van der Waals surface area contributed by atoms with Crippen molar-refractivity contribution in [2.24, 2.45) is 0 Å². The van der Waals surface area contributed by atoms with Crippen molar-refractivity contribution in [3.8, 4) is 0 Å². The summed E-state index contributed by atoms with van der Waals surface area (Å²) in [5.74, 6) is 0. The van der Waals surface area contributed by atoms with Crippen molar-refractivity contribution in [3.05, 3.63) is 71.0 Å². The predicted octanol–water partition coefficient (Wildman–Crippen LogP) is 5.56. The third kappa shape index (κ3) is 6.24. The number of pyridine rings is 2. The van der Waals surface area contributed by atoms with Gasteiger partial charge in [-0.05, 0) is 48.5 Å². The van der Waals surface area contributed by atoms with Crippen molar-refractivity contribution < 1.29 is 4.74 Å². The number of aromatic nitrogens is 2. The van der Waals surface area contributed by atoms with E-state index in [2.05, 4.69) is 25.5 Å². The number of halogens is 2. The number of methoxy groups -OCH3 is 1. The van der Waals surface area contributed by atoms with Gasteiger partial charge in [0.2, 0.25) is 0 Å². The molecule has 33 heavy (non-hydrogen) atoms. The van der Waals surface area contributed by atoms with E-state index in [9.17, 15) is 0 Å². The van der Waals surface area contributed by atoms with Gasteiger partial charge in [-0.2, -0.15) is 0 Å². The minimum absolute atomic E-state index is 0.688. The first-order valence-corrected chi connectivity index (χ1v) is 11.7. The summed E-state index contributed by atoms with van der Waals surface area (Å²) in [6.45, 7) is 4.93. The van der Waals surface area contributed by atoms with Crippen LogP contribution in [-0.2, 0) is 4.74 Å². The molecule has 2 aromatic heterocycles. The van der Waals surface area contributed by atoms with Crippen LogP contribution < -0.4 is 10.6 Å². The fraction of sp³-hybridized carbons (Fsp3) is 0.280. The molecule has 0 fully saturated rings. The zero-order valence-electron chi connectivity index (χ0n) is 18.5. The summed E-state index contributed by atoms with van der Waals surface area (Å²) >= 11 is 12.2. The van der Waals surface area contributed by atoms with E-state index in [-0.39, 0.29) is 0 Å². The zero-order valence-corrected chi connectivity index (χ0v) is 20.0. The molecule has 4 aromatic rings. The average Bonchev–Trinajstić information content (AvgIpc) is 2.82. The normalized spacial score (nSPS) is 11.4. The number of anilines is 2. The Hall–Kier alpha value is -2.64. The first-order valence-electron chi connectivity index (χ1n) is 10.9. The van der Waals surface area contributed by atoms with E-state index in [4.69, 9.17) is 27.9 Å². The number of ether oxygens (including phenoxy) is 1. The van der Waals surface area contributed by atoms with E-state index in [1.165, 1.54) is 0 Å². The van der Waals surface area contributed by atoms with Crippen molar-refractivity contribution in [2.75, 3.05) is 57.1 Å². The molecule has 2 heterocycles. The van der Waals surface area contributed by atoms with Gasteiger partial charge in [0, 0.05) is 84.4 Å². The second-order valence-corrected chi connectivity index (χ2v) is 8.60. The lowest BCUT2D eigenvalue weighted by atomic mass is 10.2. The molecular weight excluding hydrogens is 457 g/mol. The Kier molecular flexibility index (Phi) is 8.18. The van der Waals surface area contributed by atoms with E-state index >= 15 is 0 Å². The third-order valence-corrected chi connectivity index (χ3v) is 5.98. The van der Waals surface area contributed by atoms with Crippen molar-refractivity contribution >= 4 is 56.4 Å². The molecule has 172 valence electrons. The topological polar surface area (TPSA) is 62.3 Å². The number of hydrogen-bond donors (Lipinski definition) is 2. The molecule has 8 heteroatoms. The Labute approximate surface area is 203 Å². The van der Waals surface area contributed by atoms with Gasteiger partial charge in [-0.15, -0.1) is 0 Å². The van der Waals surface area contributed by atoms with Crippen molar-refractivity contribution in [1.82, 2.24) is 14.9 Å². The van der Waals surface area contributed by atoms with E-state index in [0.717, 1.165) is 65.9 Å². The highest BCUT2D eigenvalue weighted by atomic mass is 35.5. The smallest absolute Gasteiger partial charge is 0.0737 e. The van der Waals surface area contributed by atoms with Crippen LogP contribution in [0.4, 0.5) is 11.4 Å². The fourth-order valence-electron chi connectivity index (χ4n) is 3.80. The summed E-state index contributed by atoms with van der Waals surface area (Å²) in [5.41, 5.74) is 3.89. The largest absolute Gasteiger partial charge is 0.383 e. The Morgan fingerprint density at radius 1 is 0.758 bits per heavy atom. The van der Waals surface area contributed by atoms with Crippen LogP contribution in [0.2, 0.25) is 10.0 Å². The van der Waals surface area contributed by atoms with E-state index in [1.54, 1.807) is 19.5 Å². The summed E-state index contributed by atoms with van der Waals surface area (Å²) in [4.78, 5) is 11.2. The van der Waals surface area contributed by atoms with Crippen molar-refractivity contribution in [2.45, 2.75) is 0 Å². The third-order valence-electron chi connectivity index (χ3n) is 5.51. The van der Waals surface area contributed by atoms with Crippen LogP contribution in [0.1, 0.15) is 0 Å². The summed E-state index contributed by atoms with van der Waals surface area (Å²) in [6, 6.07) is 15.6. The van der Waals surface area contributed by atoms with Gasteiger partial charge in [-0.1, -0.05) is 23.2 Å². The van der Waals surface area contributed by atoms with Crippen LogP contribution in [0.3, 0.4) is 0 Å². The van der Waals surface area contributed by atoms with Gasteiger partial charge in [-0.3, -0.25) is 14.9 Å². The van der Waals surface area contributed by atoms with Gasteiger partial charge in [-0.25, -0.2) is 0 Å². The molecule has 4 rings (SSSR count).